The van der Waals surface area contributed by atoms with E-state index in [4.69, 9.17) is 4.42 Å². The lowest BCUT2D eigenvalue weighted by Gasteiger charge is -2.07. The molecule has 24 heavy (non-hydrogen) atoms. The summed E-state index contributed by atoms with van der Waals surface area (Å²) in [6, 6.07) is 13.7. The first-order valence-electron chi connectivity index (χ1n) is 8.41. The van der Waals surface area contributed by atoms with Crippen molar-refractivity contribution in [2.24, 2.45) is 0 Å². The lowest BCUT2D eigenvalue weighted by atomic mass is 9.98. The number of aromatic nitrogens is 1. The summed E-state index contributed by atoms with van der Waals surface area (Å²) >= 11 is 0. The molecule has 0 aliphatic rings. The van der Waals surface area contributed by atoms with Crippen LogP contribution >= 0.6 is 0 Å². The Morgan fingerprint density at radius 1 is 1.21 bits per heavy atom. The van der Waals surface area contributed by atoms with Crippen LogP contribution in [0.15, 0.2) is 46.9 Å². The Morgan fingerprint density at radius 2 is 2.04 bits per heavy atom. The van der Waals surface area contributed by atoms with Crippen LogP contribution in [-0.4, -0.2) is 10.9 Å². The van der Waals surface area contributed by atoms with E-state index in [9.17, 15) is 4.79 Å². The van der Waals surface area contributed by atoms with Gasteiger partial charge < -0.3 is 9.73 Å². The minimum absolute atomic E-state index is 0.0112. The van der Waals surface area contributed by atoms with E-state index in [1.54, 1.807) is 0 Å². The zero-order chi connectivity index (χ0) is 17.1. The van der Waals surface area contributed by atoms with Crippen molar-refractivity contribution in [3.63, 3.8) is 0 Å². The van der Waals surface area contributed by atoms with Gasteiger partial charge in [-0.05, 0) is 48.2 Å². The first-order chi connectivity index (χ1) is 11.6. The molecular weight excluding hydrogens is 300 g/mol. The molecule has 0 aliphatic heterocycles. The Morgan fingerprint density at radius 3 is 2.79 bits per heavy atom. The van der Waals surface area contributed by atoms with Gasteiger partial charge in [-0.3, -0.25) is 4.79 Å². The molecule has 0 saturated heterocycles. The fourth-order valence-corrected chi connectivity index (χ4v) is 2.59. The highest BCUT2D eigenvalue weighted by Crippen LogP contribution is 2.29. The number of carbonyl (C=O) groups is 1. The second kappa shape index (κ2) is 6.87. The van der Waals surface area contributed by atoms with Crippen LogP contribution < -0.4 is 5.32 Å². The van der Waals surface area contributed by atoms with Crippen LogP contribution in [-0.2, 0) is 4.79 Å². The van der Waals surface area contributed by atoms with Gasteiger partial charge in [0.25, 0.3) is 0 Å². The molecule has 3 aromatic rings. The van der Waals surface area contributed by atoms with Crippen molar-refractivity contribution in [3.8, 4) is 11.5 Å². The van der Waals surface area contributed by atoms with Crippen molar-refractivity contribution in [3.05, 3.63) is 48.0 Å². The summed E-state index contributed by atoms with van der Waals surface area (Å²) in [7, 11) is 0. The van der Waals surface area contributed by atoms with Gasteiger partial charge in [-0.1, -0.05) is 32.9 Å². The van der Waals surface area contributed by atoms with Gasteiger partial charge >= 0.3 is 0 Å². The molecule has 0 saturated carbocycles. The highest BCUT2D eigenvalue weighted by atomic mass is 16.3. The number of carbonyl (C=O) groups excluding carboxylic acids is 1. The first-order valence-corrected chi connectivity index (χ1v) is 8.41. The van der Waals surface area contributed by atoms with Crippen LogP contribution in [0.5, 0.6) is 0 Å². The number of nitrogens with zero attached hydrogens (tertiary/aromatic N) is 1. The summed E-state index contributed by atoms with van der Waals surface area (Å²) in [6.07, 6.45) is 1.54. The molecule has 0 aliphatic carbocycles. The van der Waals surface area contributed by atoms with E-state index in [2.05, 4.69) is 36.3 Å². The molecule has 0 unspecified atom stereocenters. The molecule has 1 N–H and O–H groups in total. The Labute approximate surface area is 141 Å². The van der Waals surface area contributed by atoms with Crippen molar-refractivity contribution in [1.82, 2.24) is 4.98 Å². The van der Waals surface area contributed by atoms with Gasteiger partial charge in [0.15, 0.2) is 5.58 Å². The van der Waals surface area contributed by atoms with Crippen molar-refractivity contribution in [2.45, 2.75) is 39.5 Å². The summed E-state index contributed by atoms with van der Waals surface area (Å²) in [5.74, 6) is 1.06. The lowest BCUT2D eigenvalue weighted by molar-refractivity contribution is -0.115. The molecule has 4 nitrogen and oxygen atoms in total. The van der Waals surface area contributed by atoms with Crippen LogP contribution in [0.3, 0.4) is 0 Å². The number of rotatable bonds is 5. The maximum atomic E-state index is 11.5. The van der Waals surface area contributed by atoms with Gasteiger partial charge in [0, 0.05) is 17.7 Å². The van der Waals surface area contributed by atoms with Gasteiger partial charge in [0.05, 0.1) is 0 Å². The number of benzene rings is 2. The van der Waals surface area contributed by atoms with Crippen LogP contribution in [0.4, 0.5) is 5.69 Å². The summed E-state index contributed by atoms with van der Waals surface area (Å²) in [5.41, 5.74) is 4.52. The molecular formula is C20H22N2O2. The zero-order valence-electron chi connectivity index (χ0n) is 14.3. The maximum Gasteiger partial charge on any atom is 0.227 e. The normalized spacial score (nSPS) is 12.3. The van der Waals surface area contributed by atoms with Gasteiger partial charge in [-0.2, -0.15) is 0 Å². The Balaban J connectivity index is 1.94. The number of hydrogen-bond acceptors (Lipinski definition) is 3. The Bertz CT molecular complexity index is 867. The number of nitrogens with one attached hydrogen (secondary N) is 1. The summed E-state index contributed by atoms with van der Waals surface area (Å²) in [6.45, 7) is 6.22. The second-order valence-corrected chi connectivity index (χ2v) is 6.04. The molecule has 1 aromatic heterocycles. The van der Waals surface area contributed by atoms with E-state index >= 15 is 0 Å². The maximum absolute atomic E-state index is 11.5. The van der Waals surface area contributed by atoms with Crippen molar-refractivity contribution >= 4 is 22.7 Å². The average Bonchev–Trinajstić information content (AvgIpc) is 3.04. The van der Waals surface area contributed by atoms with E-state index < -0.39 is 0 Å². The SMILES string of the molecule is CCC(=O)Nc1cccc(-c2nc3cc([C@H](C)CC)ccc3o2)c1. The van der Waals surface area contributed by atoms with Crippen molar-refractivity contribution in [2.75, 3.05) is 5.32 Å². The number of hydrogen-bond donors (Lipinski definition) is 1. The molecule has 1 amide bonds. The first kappa shape index (κ1) is 16.2. The third kappa shape index (κ3) is 3.32. The van der Waals surface area contributed by atoms with E-state index in [1.807, 2.05) is 37.3 Å². The van der Waals surface area contributed by atoms with Gasteiger partial charge in [-0.15, -0.1) is 0 Å². The predicted molar refractivity (Wildman–Crippen MR) is 97.1 cm³/mol. The van der Waals surface area contributed by atoms with Crippen molar-refractivity contribution < 1.29 is 9.21 Å². The number of anilines is 1. The molecule has 1 heterocycles. The fraction of sp³-hybridized carbons (Fsp3) is 0.300. The summed E-state index contributed by atoms with van der Waals surface area (Å²) in [4.78, 5) is 16.2. The molecule has 4 heteroatoms. The average molecular weight is 322 g/mol. The summed E-state index contributed by atoms with van der Waals surface area (Å²) < 4.78 is 5.88. The number of amides is 1. The molecule has 0 radical (unpaired) electrons. The zero-order valence-corrected chi connectivity index (χ0v) is 14.3. The highest BCUT2D eigenvalue weighted by Gasteiger charge is 2.11. The van der Waals surface area contributed by atoms with Gasteiger partial charge in [0.2, 0.25) is 11.8 Å². The monoisotopic (exact) mass is 322 g/mol. The smallest absolute Gasteiger partial charge is 0.227 e. The molecule has 2 aromatic carbocycles. The molecule has 3 rings (SSSR count). The predicted octanol–water partition coefficient (Wildman–Crippen LogP) is 5.36. The largest absolute Gasteiger partial charge is 0.436 e. The summed E-state index contributed by atoms with van der Waals surface area (Å²) in [5, 5.41) is 2.86. The van der Waals surface area contributed by atoms with Crippen LogP contribution in [0.25, 0.3) is 22.6 Å². The van der Waals surface area contributed by atoms with Crippen molar-refractivity contribution in [1.29, 1.82) is 0 Å². The van der Waals surface area contributed by atoms with E-state index in [0.29, 0.717) is 18.2 Å². The quantitative estimate of drug-likeness (QED) is 0.688. The minimum atomic E-state index is -0.0112. The number of oxazole rings is 1. The fourth-order valence-electron chi connectivity index (χ4n) is 2.59. The van der Waals surface area contributed by atoms with Gasteiger partial charge in [0.1, 0.15) is 5.52 Å². The van der Waals surface area contributed by atoms with E-state index in [-0.39, 0.29) is 5.91 Å². The molecule has 0 fully saturated rings. The highest BCUT2D eigenvalue weighted by molar-refractivity contribution is 5.91. The molecule has 1 atom stereocenters. The van der Waals surface area contributed by atoms with Crippen LogP contribution in [0, 0.1) is 0 Å². The minimum Gasteiger partial charge on any atom is -0.436 e. The van der Waals surface area contributed by atoms with Crippen LogP contribution in [0.2, 0.25) is 0 Å². The molecule has 124 valence electrons. The van der Waals surface area contributed by atoms with Gasteiger partial charge in [-0.25, -0.2) is 4.98 Å². The molecule has 0 bridgehead atoms. The lowest BCUT2D eigenvalue weighted by Crippen LogP contribution is -2.09. The second-order valence-electron chi connectivity index (χ2n) is 6.04. The van der Waals surface area contributed by atoms with Crippen LogP contribution in [0.1, 0.15) is 45.1 Å². The standard InChI is InChI=1S/C20H22N2O2/c1-4-13(3)14-9-10-18-17(12-14)22-20(24-18)15-7-6-8-16(11-15)21-19(23)5-2/h6-13H,4-5H2,1-3H3,(H,21,23)/t13-/m1/s1. The Kier molecular flexibility index (Phi) is 4.65. The van der Waals surface area contributed by atoms with E-state index in [0.717, 1.165) is 28.8 Å². The Hall–Kier alpha value is -2.62. The molecule has 0 spiro atoms. The third-order valence-electron chi connectivity index (χ3n) is 4.31. The van der Waals surface area contributed by atoms with E-state index in [1.165, 1.54) is 5.56 Å². The number of fused-ring (bicyclic) bond motifs is 1. The topological polar surface area (TPSA) is 55.1 Å². The third-order valence-corrected chi connectivity index (χ3v) is 4.31.